The van der Waals surface area contributed by atoms with Crippen molar-refractivity contribution in [1.29, 1.82) is 5.26 Å². The third-order valence-electron chi connectivity index (χ3n) is 2.49. The molecule has 0 aliphatic heterocycles. The van der Waals surface area contributed by atoms with Gasteiger partial charge >= 0.3 is 12.2 Å². The number of aryl methyl sites for hydroxylation is 2. The van der Waals surface area contributed by atoms with Crippen LogP contribution in [0.15, 0.2) is 6.07 Å². The maximum absolute atomic E-state index is 12.0. The number of amides is 2. The van der Waals surface area contributed by atoms with Crippen LogP contribution in [0.4, 0.5) is 15.4 Å². The average Bonchev–Trinajstić information content (AvgIpc) is 2.25. The van der Waals surface area contributed by atoms with Gasteiger partial charge in [0, 0.05) is 0 Å². The standard InChI is InChI=1S/C14H17N3O4/c1-8-6-11(16-9(2)10(8)7-15)17(12(18)19)13(20)21-14(3,4)5/h6H,1-5H3,(H,18,19). The first-order valence-corrected chi connectivity index (χ1v) is 6.21. The second kappa shape index (κ2) is 5.79. The monoisotopic (exact) mass is 291 g/mol. The van der Waals surface area contributed by atoms with Crippen LogP contribution in [0.5, 0.6) is 0 Å². The van der Waals surface area contributed by atoms with Gasteiger partial charge < -0.3 is 9.84 Å². The molecule has 7 heteroatoms. The second-order valence-corrected chi connectivity index (χ2v) is 5.47. The Kier molecular flexibility index (Phi) is 4.53. The predicted molar refractivity (Wildman–Crippen MR) is 75.2 cm³/mol. The zero-order valence-corrected chi connectivity index (χ0v) is 12.6. The van der Waals surface area contributed by atoms with Crippen LogP contribution in [0, 0.1) is 25.2 Å². The number of pyridine rings is 1. The molecule has 7 nitrogen and oxygen atoms in total. The lowest BCUT2D eigenvalue weighted by Crippen LogP contribution is -2.40. The highest BCUT2D eigenvalue weighted by Crippen LogP contribution is 2.21. The molecule has 0 aliphatic carbocycles. The van der Waals surface area contributed by atoms with E-state index < -0.39 is 17.8 Å². The predicted octanol–water partition coefficient (Wildman–Crippen LogP) is 2.99. The third kappa shape index (κ3) is 3.92. The van der Waals surface area contributed by atoms with Gasteiger partial charge in [0.2, 0.25) is 0 Å². The van der Waals surface area contributed by atoms with Gasteiger partial charge in [0.25, 0.3) is 0 Å². The normalized spacial score (nSPS) is 10.7. The van der Waals surface area contributed by atoms with Crippen molar-refractivity contribution >= 4 is 18.0 Å². The van der Waals surface area contributed by atoms with Crippen molar-refractivity contribution in [2.45, 2.75) is 40.2 Å². The molecule has 21 heavy (non-hydrogen) atoms. The summed E-state index contributed by atoms with van der Waals surface area (Å²) >= 11 is 0. The molecule has 0 saturated carbocycles. The molecule has 0 saturated heterocycles. The smallest absolute Gasteiger partial charge is 0.425 e. The number of anilines is 1. The number of hydrogen-bond donors (Lipinski definition) is 1. The summed E-state index contributed by atoms with van der Waals surface area (Å²) in [6.45, 7) is 8.12. The largest absolute Gasteiger partial charge is 0.464 e. The van der Waals surface area contributed by atoms with Crippen LogP contribution in [-0.2, 0) is 4.74 Å². The van der Waals surface area contributed by atoms with Crippen molar-refractivity contribution < 1.29 is 19.4 Å². The van der Waals surface area contributed by atoms with Crippen LogP contribution >= 0.6 is 0 Å². The number of aromatic nitrogens is 1. The minimum atomic E-state index is -1.50. The number of nitriles is 1. The first-order valence-electron chi connectivity index (χ1n) is 6.21. The molecule has 1 heterocycles. The third-order valence-corrected chi connectivity index (χ3v) is 2.49. The van der Waals surface area contributed by atoms with Crippen molar-refractivity contribution in [1.82, 2.24) is 4.98 Å². The average molecular weight is 291 g/mol. The fourth-order valence-electron chi connectivity index (χ4n) is 1.67. The van der Waals surface area contributed by atoms with E-state index >= 15 is 0 Å². The Labute approximate surface area is 122 Å². The van der Waals surface area contributed by atoms with Gasteiger partial charge in [0.05, 0.1) is 11.3 Å². The Hall–Kier alpha value is -2.62. The fraction of sp³-hybridized carbons (Fsp3) is 0.429. The van der Waals surface area contributed by atoms with Crippen molar-refractivity contribution in [3.63, 3.8) is 0 Å². The van der Waals surface area contributed by atoms with E-state index in [4.69, 9.17) is 10.00 Å². The van der Waals surface area contributed by atoms with Gasteiger partial charge in [-0.2, -0.15) is 10.2 Å². The maximum Gasteiger partial charge on any atom is 0.425 e. The molecule has 0 aromatic carbocycles. The number of carbonyl (C=O) groups excluding carboxylic acids is 1. The van der Waals surface area contributed by atoms with Crippen LogP contribution in [-0.4, -0.2) is 27.9 Å². The van der Waals surface area contributed by atoms with Gasteiger partial charge in [-0.3, -0.25) is 0 Å². The lowest BCUT2D eigenvalue weighted by Gasteiger charge is -2.24. The number of rotatable bonds is 1. The molecule has 112 valence electrons. The Morgan fingerprint density at radius 2 is 1.95 bits per heavy atom. The highest BCUT2D eigenvalue weighted by molar-refractivity contribution is 6.07. The van der Waals surface area contributed by atoms with E-state index in [-0.39, 0.29) is 5.82 Å². The molecule has 0 radical (unpaired) electrons. The molecule has 1 rings (SSSR count). The summed E-state index contributed by atoms with van der Waals surface area (Å²) in [7, 11) is 0. The zero-order chi connectivity index (χ0) is 16.4. The SMILES string of the molecule is Cc1cc(N(C(=O)O)C(=O)OC(C)(C)C)nc(C)c1C#N. The Balaban J connectivity index is 3.29. The van der Waals surface area contributed by atoms with Crippen LogP contribution in [0.25, 0.3) is 0 Å². The summed E-state index contributed by atoms with van der Waals surface area (Å²) in [5.41, 5.74) is 0.409. The molecular formula is C14H17N3O4. The molecule has 1 aromatic heterocycles. The van der Waals surface area contributed by atoms with Crippen LogP contribution < -0.4 is 4.90 Å². The van der Waals surface area contributed by atoms with Crippen molar-refractivity contribution in [3.8, 4) is 6.07 Å². The maximum atomic E-state index is 12.0. The number of nitrogens with zero attached hydrogens (tertiary/aromatic N) is 3. The molecule has 0 atom stereocenters. The molecule has 0 spiro atoms. The molecule has 1 N–H and O–H groups in total. The number of carbonyl (C=O) groups is 2. The molecule has 0 unspecified atom stereocenters. The molecule has 1 aromatic rings. The Morgan fingerprint density at radius 1 is 1.38 bits per heavy atom. The summed E-state index contributed by atoms with van der Waals surface area (Å²) < 4.78 is 5.05. The highest BCUT2D eigenvalue weighted by Gasteiger charge is 2.30. The topological polar surface area (TPSA) is 104 Å². The number of imide groups is 1. The van der Waals surface area contributed by atoms with Gasteiger partial charge in [-0.1, -0.05) is 0 Å². The number of hydrogen-bond acceptors (Lipinski definition) is 5. The van der Waals surface area contributed by atoms with E-state index in [1.807, 2.05) is 6.07 Å². The number of ether oxygens (including phenoxy) is 1. The van der Waals surface area contributed by atoms with Crippen molar-refractivity contribution in [3.05, 3.63) is 22.9 Å². The minimum absolute atomic E-state index is 0.0919. The van der Waals surface area contributed by atoms with Gasteiger partial charge in [0.15, 0.2) is 0 Å². The van der Waals surface area contributed by atoms with E-state index in [1.54, 1.807) is 34.6 Å². The first kappa shape index (κ1) is 16.4. The summed E-state index contributed by atoms with van der Waals surface area (Å²) in [6, 6.07) is 3.35. The fourth-order valence-corrected chi connectivity index (χ4v) is 1.67. The lowest BCUT2D eigenvalue weighted by molar-refractivity contribution is 0.0581. The Morgan fingerprint density at radius 3 is 2.33 bits per heavy atom. The van der Waals surface area contributed by atoms with Crippen LogP contribution in [0.2, 0.25) is 0 Å². The van der Waals surface area contributed by atoms with E-state index in [0.29, 0.717) is 21.7 Å². The second-order valence-electron chi connectivity index (χ2n) is 5.47. The number of carboxylic acid groups (broad SMARTS) is 1. The van der Waals surface area contributed by atoms with E-state index in [0.717, 1.165) is 0 Å². The quantitative estimate of drug-likeness (QED) is 0.853. The van der Waals surface area contributed by atoms with E-state index in [2.05, 4.69) is 4.98 Å². The Bertz CT molecular complexity index is 603. The molecular weight excluding hydrogens is 274 g/mol. The van der Waals surface area contributed by atoms with Gasteiger partial charge in [-0.25, -0.2) is 14.6 Å². The van der Waals surface area contributed by atoms with Crippen LogP contribution in [0.3, 0.4) is 0 Å². The van der Waals surface area contributed by atoms with E-state index in [1.165, 1.54) is 6.07 Å². The van der Waals surface area contributed by atoms with Crippen molar-refractivity contribution in [2.24, 2.45) is 0 Å². The molecule has 0 fully saturated rings. The van der Waals surface area contributed by atoms with Crippen molar-refractivity contribution in [2.75, 3.05) is 4.90 Å². The zero-order valence-electron chi connectivity index (χ0n) is 12.6. The summed E-state index contributed by atoms with van der Waals surface area (Å²) in [5.74, 6) is -0.0919. The van der Waals surface area contributed by atoms with Gasteiger partial charge in [-0.05, 0) is 46.2 Å². The molecule has 0 aliphatic rings. The molecule has 0 bridgehead atoms. The van der Waals surface area contributed by atoms with Crippen LogP contribution in [0.1, 0.15) is 37.6 Å². The van der Waals surface area contributed by atoms with Gasteiger partial charge in [0.1, 0.15) is 17.5 Å². The molecule has 2 amide bonds. The minimum Gasteiger partial charge on any atom is -0.464 e. The lowest BCUT2D eigenvalue weighted by atomic mass is 10.1. The highest BCUT2D eigenvalue weighted by atomic mass is 16.6. The van der Waals surface area contributed by atoms with Gasteiger partial charge in [-0.15, -0.1) is 0 Å². The summed E-state index contributed by atoms with van der Waals surface area (Å²) in [6.07, 6.45) is -2.54. The van der Waals surface area contributed by atoms with E-state index in [9.17, 15) is 14.7 Å². The summed E-state index contributed by atoms with van der Waals surface area (Å²) in [5, 5.41) is 18.2. The first-order chi connectivity index (χ1) is 9.56. The summed E-state index contributed by atoms with van der Waals surface area (Å²) in [4.78, 5) is 27.7.